The first-order valence-electron chi connectivity index (χ1n) is 7.81. The van der Waals surface area contributed by atoms with Gasteiger partial charge in [-0.25, -0.2) is 4.98 Å². The summed E-state index contributed by atoms with van der Waals surface area (Å²) in [6.07, 6.45) is 0. The van der Waals surface area contributed by atoms with Gasteiger partial charge < -0.3 is 4.74 Å². The Balaban J connectivity index is 1.98. The minimum atomic E-state index is 0.337. The van der Waals surface area contributed by atoms with Crippen molar-refractivity contribution in [3.8, 4) is 23.8 Å². The summed E-state index contributed by atoms with van der Waals surface area (Å²) in [5, 5.41) is 18.8. The lowest BCUT2D eigenvalue weighted by Crippen LogP contribution is -1.99. The Kier molecular flexibility index (Phi) is 3.73. The van der Waals surface area contributed by atoms with Gasteiger partial charge in [-0.15, -0.1) is 0 Å². The number of aryl methyl sites for hydroxylation is 1. The van der Waals surface area contributed by atoms with E-state index in [-0.39, 0.29) is 0 Å². The summed E-state index contributed by atoms with van der Waals surface area (Å²) >= 11 is 6.25. The molecule has 26 heavy (non-hydrogen) atoms. The molecule has 0 saturated carbocycles. The van der Waals surface area contributed by atoms with E-state index in [9.17, 15) is 5.26 Å². The van der Waals surface area contributed by atoms with Crippen molar-refractivity contribution in [2.75, 3.05) is 0 Å². The fourth-order valence-corrected chi connectivity index (χ4v) is 3.11. The van der Waals surface area contributed by atoms with Gasteiger partial charge >= 0.3 is 0 Å². The average molecular weight is 359 g/mol. The molecule has 0 atom stereocenters. The molecule has 6 heteroatoms. The molecule has 5 nitrogen and oxygen atoms in total. The van der Waals surface area contributed by atoms with Crippen LogP contribution in [0.4, 0.5) is 0 Å². The van der Waals surface area contributed by atoms with Crippen molar-refractivity contribution in [2.24, 2.45) is 0 Å². The summed E-state index contributed by atoms with van der Waals surface area (Å²) in [6.45, 7) is 1.84. The quantitative estimate of drug-likeness (QED) is 0.506. The molecule has 124 valence electrons. The van der Waals surface area contributed by atoms with Crippen LogP contribution in [0, 0.1) is 29.6 Å². The third kappa shape index (κ3) is 2.43. The van der Waals surface area contributed by atoms with Crippen LogP contribution in [0.2, 0.25) is 5.02 Å². The zero-order valence-electron chi connectivity index (χ0n) is 13.7. The van der Waals surface area contributed by atoms with Crippen molar-refractivity contribution >= 4 is 28.3 Å². The van der Waals surface area contributed by atoms with E-state index < -0.39 is 0 Å². The number of hydrogen-bond acceptors (Lipinski definition) is 4. The van der Waals surface area contributed by atoms with Gasteiger partial charge in [-0.3, -0.25) is 4.40 Å². The van der Waals surface area contributed by atoms with Crippen molar-refractivity contribution < 1.29 is 4.74 Å². The highest BCUT2D eigenvalue weighted by Gasteiger charge is 2.17. The van der Waals surface area contributed by atoms with Crippen molar-refractivity contribution in [2.45, 2.75) is 6.92 Å². The first-order valence-corrected chi connectivity index (χ1v) is 8.18. The van der Waals surface area contributed by atoms with E-state index in [0.29, 0.717) is 33.4 Å². The summed E-state index contributed by atoms with van der Waals surface area (Å²) in [7, 11) is 0. The van der Waals surface area contributed by atoms with Crippen molar-refractivity contribution in [1.29, 1.82) is 10.5 Å². The highest BCUT2D eigenvalue weighted by molar-refractivity contribution is 6.32. The van der Waals surface area contributed by atoms with Gasteiger partial charge in [0.25, 0.3) is 0 Å². The SMILES string of the molecule is Cc1cc(Oc2ccc(C#N)cc2Cl)n2c(nc3ccccc32)c1C#N. The van der Waals surface area contributed by atoms with Crippen molar-refractivity contribution in [3.05, 3.63) is 70.2 Å². The van der Waals surface area contributed by atoms with E-state index in [4.69, 9.17) is 21.6 Å². The molecule has 0 radical (unpaired) electrons. The minimum Gasteiger partial charge on any atom is -0.439 e. The number of fused-ring (bicyclic) bond motifs is 3. The van der Waals surface area contributed by atoms with E-state index in [0.717, 1.165) is 16.6 Å². The molecule has 0 aliphatic heterocycles. The molecule has 0 amide bonds. The van der Waals surface area contributed by atoms with Gasteiger partial charge in [0.1, 0.15) is 11.8 Å². The van der Waals surface area contributed by atoms with Gasteiger partial charge in [0.2, 0.25) is 5.88 Å². The Bertz CT molecular complexity index is 1260. The van der Waals surface area contributed by atoms with Gasteiger partial charge in [0.05, 0.1) is 33.3 Å². The molecular weight excluding hydrogens is 348 g/mol. The van der Waals surface area contributed by atoms with Crippen molar-refractivity contribution in [3.63, 3.8) is 0 Å². The summed E-state index contributed by atoms with van der Waals surface area (Å²) in [4.78, 5) is 4.58. The van der Waals surface area contributed by atoms with Crippen LogP contribution < -0.4 is 4.74 Å². The number of aromatic nitrogens is 2. The standard InChI is InChI=1S/C20H11ClN4O/c1-12-8-19(26-18-7-6-13(10-22)9-15(18)21)25-17-5-3-2-4-16(17)24-20(25)14(12)11-23/h2-9H,1H3. The van der Waals surface area contributed by atoms with Crippen LogP contribution in [0.1, 0.15) is 16.7 Å². The lowest BCUT2D eigenvalue weighted by Gasteiger charge is -2.12. The molecule has 0 saturated heterocycles. The van der Waals surface area contributed by atoms with Crippen LogP contribution in [0.5, 0.6) is 11.6 Å². The number of halogens is 1. The molecule has 4 aromatic rings. The van der Waals surface area contributed by atoms with Crippen LogP contribution in [-0.2, 0) is 0 Å². The monoisotopic (exact) mass is 358 g/mol. The topological polar surface area (TPSA) is 74.1 Å². The molecule has 0 spiro atoms. The third-order valence-corrected chi connectivity index (χ3v) is 4.42. The van der Waals surface area contributed by atoms with E-state index in [1.54, 1.807) is 28.7 Å². The summed E-state index contributed by atoms with van der Waals surface area (Å²) < 4.78 is 7.84. The number of imidazole rings is 1. The summed E-state index contributed by atoms with van der Waals surface area (Å²) in [5.41, 5.74) is 3.85. The smallest absolute Gasteiger partial charge is 0.206 e. The fraction of sp³-hybridized carbons (Fsp3) is 0.0500. The van der Waals surface area contributed by atoms with E-state index in [1.165, 1.54) is 0 Å². The van der Waals surface area contributed by atoms with Gasteiger partial charge in [0.15, 0.2) is 5.65 Å². The van der Waals surface area contributed by atoms with Crippen LogP contribution in [0.15, 0.2) is 48.5 Å². The molecule has 0 N–H and O–H groups in total. The van der Waals surface area contributed by atoms with E-state index in [2.05, 4.69) is 11.1 Å². The lowest BCUT2D eigenvalue weighted by molar-refractivity contribution is 0.458. The Hall–Kier alpha value is -3.54. The number of nitriles is 2. The Morgan fingerprint density at radius 1 is 1.08 bits per heavy atom. The second-order valence-electron chi connectivity index (χ2n) is 5.77. The molecule has 2 heterocycles. The zero-order chi connectivity index (χ0) is 18.3. The third-order valence-electron chi connectivity index (χ3n) is 4.13. The van der Waals surface area contributed by atoms with Gasteiger partial charge in [0, 0.05) is 6.07 Å². The molecule has 0 aliphatic carbocycles. The number of rotatable bonds is 2. The highest BCUT2D eigenvalue weighted by atomic mass is 35.5. The maximum Gasteiger partial charge on any atom is 0.206 e. The molecule has 0 unspecified atom stereocenters. The maximum atomic E-state index is 9.53. The average Bonchev–Trinajstić information content (AvgIpc) is 3.03. The predicted octanol–water partition coefficient (Wildman–Crippen LogP) is 4.98. The number of benzene rings is 2. The van der Waals surface area contributed by atoms with E-state index >= 15 is 0 Å². The molecule has 0 aliphatic rings. The first-order chi connectivity index (χ1) is 12.6. The number of ether oxygens (including phenoxy) is 1. The minimum absolute atomic E-state index is 0.337. The second-order valence-corrected chi connectivity index (χ2v) is 6.18. The van der Waals surface area contributed by atoms with E-state index in [1.807, 2.05) is 37.3 Å². The van der Waals surface area contributed by atoms with Crippen LogP contribution >= 0.6 is 11.6 Å². The van der Waals surface area contributed by atoms with Gasteiger partial charge in [-0.1, -0.05) is 23.7 Å². The molecule has 0 bridgehead atoms. The second kappa shape index (κ2) is 6.07. The first kappa shape index (κ1) is 16.0. The Labute approximate surface area is 154 Å². The molecule has 4 rings (SSSR count). The van der Waals surface area contributed by atoms with Crippen molar-refractivity contribution in [1.82, 2.24) is 9.38 Å². The largest absolute Gasteiger partial charge is 0.439 e. The zero-order valence-corrected chi connectivity index (χ0v) is 14.4. The van der Waals surface area contributed by atoms with Crippen LogP contribution in [-0.4, -0.2) is 9.38 Å². The molecule has 0 fully saturated rings. The van der Waals surface area contributed by atoms with Crippen LogP contribution in [0.25, 0.3) is 16.7 Å². The van der Waals surface area contributed by atoms with Crippen LogP contribution in [0.3, 0.4) is 0 Å². The number of nitrogens with zero attached hydrogens (tertiary/aromatic N) is 4. The molecule has 2 aromatic carbocycles. The Morgan fingerprint density at radius 2 is 1.88 bits per heavy atom. The summed E-state index contributed by atoms with van der Waals surface area (Å²) in [6, 6.07) is 18.5. The summed E-state index contributed by atoms with van der Waals surface area (Å²) in [5.74, 6) is 0.922. The lowest BCUT2D eigenvalue weighted by atomic mass is 10.1. The number of hydrogen-bond donors (Lipinski definition) is 0. The Morgan fingerprint density at radius 3 is 2.62 bits per heavy atom. The number of para-hydroxylation sites is 2. The fourth-order valence-electron chi connectivity index (χ4n) is 2.89. The van der Waals surface area contributed by atoms with Gasteiger partial charge in [-0.2, -0.15) is 10.5 Å². The maximum absolute atomic E-state index is 9.53. The molecular formula is C20H11ClN4O. The predicted molar refractivity (Wildman–Crippen MR) is 98.4 cm³/mol. The molecule has 2 aromatic heterocycles. The normalized spacial score (nSPS) is 10.6. The van der Waals surface area contributed by atoms with Gasteiger partial charge in [-0.05, 0) is 42.8 Å². The number of pyridine rings is 1. The highest BCUT2D eigenvalue weighted by Crippen LogP contribution is 2.34.